The maximum atomic E-state index is 12.1. The number of aryl methyl sites for hydroxylation is 1. The summed E-state index contributed by atoms with van der Waals surface area (Å²) in [6.45, 7) is 13.8. The molecule has 1 spiro atoms. The number of rotatable bonds is 7. The molecule has 3 aliphatic carbocycles. The normalized spacial score (nSPS) is 29.2. The van der Waals surface area contributed by atoms with Gasteiger partial charge in [-0.05, 0) is 129 Å². The van der Waals surface area contributed by atoms with Crippen molar-refractivity contribution in [3.05, 3.63) is 58.1 Å². The van der Waals surface area contributed by atoms with Crippen LogP contribution in [0.5, 0.6) is 5.75 Å². The van der Waals surface area contributed by atoms with Crippen LogP contribution in [0, 0.1) is 17.8 Å². The number of ether oxygens (including phenoxy) is 1. The third-order valence-electron chi connectivity index (χ3n) is 12.0. The summed E-state index contributed by atoms with van der Waals surface area (Å²) in [6, 6.07) is 11.6. The van der Waals surface area contributed by atoms with Gasteiger partial charge in [-0.2, -0.15) is 0 Å². The molecule has 1 heterocycles. The zero-order valence-corrected chi connectivity index (χ0v) is 29.5. The number of fused-ring (bicyclic) bond motifs is 3. The van der Waals surface area contributed by atoms with Crippen molar-refractivity contribution >= 4 is 31.6 Å². The second-order valence-electron chi connectivity index (χ2n) is 16.0. The minimum atomic E-state index is -2.05. The zero-order chi connectivity index (χ0) is 32.1. The number of aliphatic hydroxyl groups is 1. The number of anilines is 1. The van der Waals surface area contributed by atoms with Crippen molar-refractivity contribution in [2.75, 3.05) is 24.6 Å². The minimum Gasteiger partial charge on any atom is -0.490 e. The molecule has 6 rings (SSSR count). The zero-order valence-electron chi connectivity index (χ0n) is 27.8. The Balaban J connectivity index is 1.34. The van der Waals surface area contributed by atoms with Crippen molar-refractivity contribution in [1.82, 2.24) is 0 Å². The molecule has 0 radical (unpaired) electrons. The maximum Gasteiger partial charge on any atom is 0.335 e. The summed E-state index contributed by atoms with van der Waals surface area (Å²) in [6.07, 6.45) is 9.15. The van der Waals surface area contributed by atoms with E-state index in [4.69, 9.17) is 20.8 Å². The standard InChI is InChI=1S/C37H52ClNO5Si/c1-36(2,3)45(4,5)44-34(25-8-6-10-29(40)19-25)30-14-11-27(30)21-39-22-37(17-7-9-24-18-28(38)13-15-31(24)37)23-43-33-16-12-26(35(41)42)20-32(33)39/h12-13,15-16,18,20,25,27,29-30,34,40H,6-11,14,17,19,21-23H2,1-5H3,(H,41,42)/t25-,27+,29+,30-,34?,37?/m1/s1. The Bertz CT molecular complexity index is 1410. The predicted molar refractivity (Wildman–Crippen MR) is 183 cm³/mol. The van der Waals surface area contributed by atoms with Crippen LogP contribution in [0.15, 0.2) is 36.4 Å². The van der Waals surface area contributed by atoms with E-state index in [0.717, 1.165) is 87.3 Å². The molecule has 0 aromatic heterocycles. The first kappa shape index (κ1) is 32.9. The molecule has 2 saturated carbocycles. The highest BCUT2D eigenvalue weighted by molar-refractivity contribution is 6.74. The summed E-state index contributed by atoms with van der Waals surface area (Å²) < 4.78 is 13.9. The van der Waals surface area contributed by atoms with Crippen LogP contribution < -0.4 is 9.64 Å². The molecule has 4 aliphatic rings. The third kappa shape index (κ3) is 6.57. The molecule has 6 atom stereocenters. The van der Waals surface area contributed by atoms with E-state index in [1.54, 1.807) is 6.07 Å². The van der Waals surface area contributed by atoms with E-state index in [2.05, 4.69) is 50.9 Å². The Morgan fingerprint density at radius 2 is 1.93 bits per heavy atom. The van der Waals surface area contributed by atoms with E-state index < -0.39 is 14.3 Å². The van der Waals surface area contributed by atoms with Crippen LogP contribution in [0.1, 0.15) is 93.6 Å². The average Bonchev–Trinajstić information content (AvgIpc) is 3.11. The second kappa shape index (κ2) is 12.5. The number of hydrogen-bond acceptors (Lipinski definition) is 5. The Morgan fingerprint density at radius 3 is 2.62 bits per heavy atom. The molecule has 2 aromatic rings. The molecule has 45 heavy (non-hydrogen) atoms. The number of aromatic carboxylic acids is 1. The summed E-state index contributed by atoms with van der Waals surface area (Å²) >= 11 is 6.45. The number of halogens is 1. The summed E-state index contributed by atoms with van der Waals surface area (Å²) in [4.78, 5) is 14.6. The van der Waals surface area contributed by atoms with Gasteiger partial charge in [-0.15, -0.1) is 0 Å². The van der Waals surface area contributed by atoms with Crippen LogP contribution in [0.3, 0.4) is 0 Å². The first-order valence-corrected chi connectivity index (χ1v) is 20.4. The first-order valence-electron chi connectivity index (χ1n) is 17.2. The predicted octanol–water partition coefficient (Wildman–Crippen LogP) is 8.48. The van der Waals surface area contributed by atoms with Crippen molar-refractivity contribution < 1.29 is 24.2 Å². The highest BCUT2D eigenvalue weighted by Crippen LogP contribution is 2.50. The average molecular weight is 654 g/mol. The van der Waals surface area contributed by atoms with Gasteiger partial charge in [0.2, 0.25) is 0 Å². The molecule has 2 N–H and O–H groups in total. The number of carboxylic acid groups (broad SMARTS) is 1. The van der Waals surface area contributed by atoms with Gasteiger partial charge in [-0.1, -0.05) is 44.9 Å². The lowest BCUT2D eigenvalue weighted by molar-refractivity contribution is -0.0409. The van der Waals surface area contributed by atoms with Crippen LogP contribution in [-0.2, 0) is 16.3 Å². The first-order chi connectivity index (χ1) is 21.3. The van der Waals surface area contributed by atoms with Gasteiger partial charge < -0.3 is 24.3 Å². The van der Waals surface area contributed by atoms with Gasteiger partial charge in [0.25, 0.3) is 0 Å². The summed E-state index contributed by atoms with van der Waals surface area (Å²) in [5.41, 5.74) is 3.58. The molecule has 0 saturated heterocycles. The lowest BCUT2D eigenvalue weighted by Crippen LogP contribution is -2.54. The van der Waals surface area contributed by atoms with Gasteiger partial charge in [0.1, 0.15) is 5.75 Å². The van der Waals surface area contributed by atoms with Crippen molar-refractivity contribution in [3.63, 3.8) is 0 Å². The fraction of sp³-hybridized carbons (Fsp3) is 0.649. The van der Waals surface area contributed by atoms with Gasteiger partial charge in [0.15, 0.2) is 8.32 Å². The van der Waals surface area contributed by atoms with Crippen LogP contribution >= 0.6 is 11.6 Å². The van der Waals surface area contributed by atoms with Gasteiger partial charge in [-0.25, -0.2) is 4.79 Å². The fourth-order valence-corrected chi connectivity index (χ4v) is 9.93. The molecule has 246 valence electrons. The van der Waals surface area contributed by atoms with Crippen molar-refractivity contribution in [3.8, 4) is 5.75 Å². The van der Waals surface area contributed by atoms with Gasteiger partial charge >= 0.3 is 5.97 Å². The number of aliphatic hydroxyl groups excluding tert-OH is 1. The molecule has 2 unspecified atom stereocenters. The Morgan fingerprint density at radius 1 is 1.13 bits per heavy atom. The largest absolute Gasteiger partial charge is 0.490 e. The van der Waals surface area contributed by atoms with Crippen molar-refractivity contribution in [2.24, 2.45) is 17.8 Å². The quantitative estimate of drug-likeness (QED) is 0.292. The topological polar surface area (TPSA) is 79.2 Å². The monoisotopic (exact) mass is 653 g/mol. The van der Waals surface area contributed by atoms with E-state index in [-0.39, 0.29) is 28.2 Å². The summed E-state index contributed by atoms with van der Waals surface area (Å²) in [7, 11) is -2.05. The Kier molecular flexibility index (Phi) is 9.14. The van der Waals surface area contributed by atoms with Crippen molar-refractivity contribution in [2.45, 2.75) is 114 Å². The van der Waals surface area contributed by atoms with Gasteiger partial charge in [0, 0.05) is 23.5 Å². The van der Waals surface area contributed by atoms with E-state index in [0.29, 0.717) is 24.4 Å². The Labute approximate surface area is 275 Å². The minimum absolute atomic E-state index is 0.107. The lowest BCUT2D eigenvalue weighted by Gasteiger charge is -2.52. The van der Waals surface area contributed by atoms with Crippen LogP contribution in [0.25, 0.3) is 0 Å². The lowest BCUT2D eigenvalue weighted by atomic mass is 9.65. The van der Waals surface area contributed by atoms with Gasteiger partial charge in [-0.3, -0.25) is 0 Å². The van der Waals surface area contributed by atoms with Gasteiger partial charge in [0.05, 0.1) is 30.1 Å². The molecule has 2 aromatic carbocycles. The molecule has 8 heteroatoms. The number of carbonyl (C=O) groups is 1. The van der Waals surface area contributed by atoms with Crippen LogP contribution in [-0.4, -0.2) is 56.4 Å². The smallest absolute Gasteiger partial charge is 0.335 e. The van der Waals surface area contributed by atoms with E-state index >= 15 is 0 Å². The third-order valence-corrected chi connectivity index (χ3v) is 16.7. The van der Waals surface area contributed by atoms with E-state index in [9.17, 15) is 15.0 Å². The van der Waals surface area contributed by atoms with Crippen LogP contribution in [0.2, 0.25) is 23.2 Å². The SMILES string of the molecule is CC(C)(C)[Si](C)(C)OC([C@@H]1CCC[C@H](O)C1)[C@@H]1CC[C@H]1CN1CC2(CCCc3cc(Cl)ccc32)COc2ccc(C(=O)O)cc21. The van der Waals surface area contributed by atoms with E-state index in [1.165, 1.54) is 11.1 Å². The molecule has 1 aliphatic heterocycles. The molecule has 2 fully saturated rings. The number of benzene rings is 2. The van der Waals surface area contributed by atoms with Crippen LogP contribution in [0.4, 0.5) is 5.69 Å². The maximum absolute atomic E-state index is 12.1. The molecule has 6 nitrogen and oxygen atoms in total. The highest BCUT2D eigenvalue weighted by atomic mass is 35.5. The molecular formula is C37H52ClNO5Si. The second-order valence-corrected chi connectivity index (χ2v) is 21.2. The van der Waals surface area contributed by atoms with Crippen molar-refractivity contribution in [1.29, 1.82) is 0 Å². The summed E-state index contributed by atoms with van der Waals surface area (Å²) in [5.74, 6) is 1.05. The number of hydrogen-bond donors (Lipinski definition) is 2. The fourth-order valence-electron chi connectivity index (χ4n) is 8.33. The number of nitrogens with zero attached hydrogens (tertiary/aromatic N) is 1. The van der Waals surface area contributed by atoms with E-state index in [1.807, 2.05) is 18.2 Å². The summed E-state index contributed by atoms with van der Waals surface area (Å²) in [5, 5.41) is 21.5. The number of carboxylic acids is 1. The Hall–Kier alpha value is -2.06. The highest BCUT2D eigenvalue weighted by Gasteiger charge is 2.49. The molecular weight excluding hydrogens is 602 g/mol. The molecule has 0 amide bonds. The molecule has 0 bridgehead atoms.